The van der Waals surface area contributed by atoms with Gasteiger partial charge in [0.15, 0.2) is 0 Å². The summed E-state index contributed by atoms with van der Waals surface area (Å²) >= 11 is 6.35. The summed E-state index contributed by atoms with van der Waals surface area (Å²) in [6.07, 6.45) is 6.08. The number of nitrogens with zero attached hydrogens (tertiary/aromatic N) is 7. The Labute approximate surface area is 226 Å². The van der Waals surface area contributed by atoms with Crippen molar-refractivity contribution in [3.63, 3.8) is 0 Å². The highest BCUT2D eigenvalue weighted by Gasteiger charge is 2.54. The first-order chi connectivity index (χ1) is 19.0. The van der Waals surface area contributed by atoms with Gasteiger partial charge in [0.1, 0.15) is 12.2 Å². The third kappa shape index (κ3) is 3.48. The minimum absolute atomic E-state index is 0.0743. The molecule has 0 radical (unpaired) electrons. The smallest absolute Gasteiger partial charge is 0.252 e. The van der Waals surface area contributed by atoms with Crippen molar-refractivity contribution in [1.29, 1.82) is 0 Å². The molecule has 2 N–H and O–H groups in total. The summed E-state index contributed by atoms with van der Waals surface area (Å²) in [4.78, 5) is 26.3. The lowest BCUT2D eigenvalue weighted by Gasteiger charge is -2.18. The number of tetrazole rings is 1. The fourth-order valence-corrected chi connectivity index (χ4v) is 6.04. The topological polar surface area (TPSA) is 119 Å². The molecule has 1 aliphatic carbocycles. The maximum atomic E-state index is 13.6. The van der Waals surface area contributed by atoms with E-state index in [0.717, 1.165) is 63.1 Å². The number of pyridine rings is 1. The van der Waals surface area contributed by atoms with Gasteiger partial charge < -0.3 is 14.9 Å². The van der Waals surface area contributed by atoms with Gasteiger partial charge in [-0.3, -0.25) is 9.79 Å². The van der Waals surface area contributed by atoms with Crippen LogP contribution in [-0.4, -0.2) is 41.0 Å². The predicted molar refractivity (Wildman–Crippen MR) is 148 cm³/mol. The minimum Gasteiger partial charge on any atom is -0.353 e. The first-order valence-electron chi connectivity index (χ1n) is 12.5. The largest absolute Gasteiger partial charge is 0.353 e. The van der Waals surface area contributed by atoms with Gasteiger partial charge in [0.25, 0.3) is 5.56 Å². The Morgan fingerprint density at radius 2 is 2.00 bits per heavy atom. The number of aromatic amines is 1. The van der Waals surface area contributed by atoms with E-state index in [-0.39, 0.29) is 11.6 Å². The van der Waals surface area contributed by atoms with E-state index in [2.05, 4.69) is 43.5 Å². The van der Waals surface area contributed by atoms with Crippen molar-refractivity contribution in [2.24, 2.45) is 10.9 Å². The molecule has 1 saturated carbocycles. The monoisotopic (exact) mass is 533 g/mol. The molecule has 5 aromatic rings. The molecule has 3 aliphatic rings. The number of allylic oxidation sites excluding steroid dienone is 1. The van der Waals surface area contributed by atoms with Crippen LogP contribution in [0.4, 0.5) is 11.4 Å². The van der Waals surface area contributed by atoms with Crippen LogP contribution in [0, 0.1) is 5.92 Å². The summed E-state index contributed by atoms with van der Waals surface area (Å²) in [6, 6.07) is 15.1. The number of nitrogens with one attached hydrogen (secondary N) is 2. The summed E-state index contributed by atoms with van der Waals surface area (Å²) in [6.45, 7) is 3.90. The first kappa shape index (κ1) is 22.2. The van der Waals surface area contributed by atoms with Crippen molar-refractivity contribution < 1.29 is 0 Å². The molecule has 0 amide bonds. The summed E-state index contributed by atoms with van der Waals surface area (Å²) in [5.41, 5.74) is 7.65. The quantitative estimate of drug-likeness (QED) is 0.340. The zero-order chi connectivity index (χ0) is 26.2. The van der Waals surface area contributed by atoms with Crippen LogP contribution < -0.4 is 10.9 Å². The molecule has 3 unspecified atom stereocenters. The van der Waals surface area contributed by atoms with Crippen LogP contribution in [0.5, 0.6) is 0 Å². The molecule has 10 nitrogen and oxygen atoms in total. The number of anilines is 1. The third-order valence-corrected chi connectivity index (χ3v) is 7.94. The van der Waals surface area contributed by atoms with Crippen LogP contribution in [-0.2, 0) is 0 Å². The van der Waals surface area contributed by atoms with Gasteiger partial charge in [-0.25, -0.2) is 4.98 Å². The number of fused-ring (bicyclic) bond motifs is 4. The zero-order valence-electron chi connectivity index (χ0n) is 20.4. The Balaban J connectivity index is 1.17. The molecule has 0 spiro atoms. The highest BCUT2D eigenvalue weighted by Crippen LogP contribution is 2.60. The zero-order valence-corrected chi connectivity index (χ0v) is 21.2. The second-order valence-corrected chi connectivity index (χ2v) is 10.5. The van der Waals surface area contributed by atoms with E-state index in [1.54, 1.807) is 23.0 Å². The van der Waals surface area contributed by atoms with Crippen LogP contribution in [0.3, 0.4) is 0 Å². The Morgan fingerprint density at radius 3 is 2.87 bits per heavy atom. The van der Waals surface area contributed by atoms with Gasteiger partial charge in [-0.15, -0.1) is 5.10 Å². The Kier molecular flexibility index (Phi) is 4.60. The number of aliphatic imine (C=N–C) groups is 1. The van der Waals surface area contributed by atoms with Crippen LogP contribution >= 0.6 is 11.6 Å². The number of aromatic nitrogens is 7. The summed E-state index contributed by atoms with van der Waals surface area (Å²) in [5, 5.41) is 15.3. The van der Waals surface area contributed by atoms with E-state index < -0.39 is 0 Å². The van der Waals surface area contributed by atoms with Crippen LogP contribution in [0.15, 0.2) is 83.1 Å². The van der Waals surface area contributed by atoms with Gasteiger partial charge in [0.05, 0.1) is 41.2 Å². The average Bonchev–Trinajstić information content (AvgIpc) is 3.28. The normalized spacial score (nSPS) is 20.3. The van der Waals surface area contributed by atoms with E-state index in [4.69, 9.17) is 16.6 Å². The lowest BCUT2D eigenvalue weighted by Crippen LogP contribution is -2.26. The Morgan fingerprint density at radius 1 is 1.08 bits per heavy atom. The van der Waals surface area contributed by atoms with Crippen molar-refractivity contribution in [2.45, 2.75) is 18.4 Å². The second-order valence-electron chi connectivity index (χ2n) is 10.1. The number of rotatable bonds is 4. The molecule has 190 valence electrons. The van der Waals surface area contributed by atoms with E-state index in [0.29, 0.717) is 16.9 Å². The molecule has 5 heterocycles. The molecule has 0 saturated heterocycles. The molecular weight excluding hydrogens is 514 g/mol. The fourth-order valence-electron chi connectivity index (χ4n) is 5.87. The van der Waals surface area contributed by atoms with Gasteiger partial charge in [-0.05, 0) is 64.7 Å². The molecule has 39 heavy (non-hydrogen) atoms. The summed E-state index contributed by atoms with van der Waals surface area (Å²) in [7, 11) is 0. The van der Waals surface area contributed by atoms with E-state index in [1.807, 2.05) is 41.1 Å². The Hall–Kier alpha value is -4.83. The van der Waals surface area contributed by atoms with Gasteiger partial charge in [0, 0.05) is 39.5 Å². The molecule has 8 rings (SSSR count). The molecule has 1 fully saturated rings. The number of hydrogen-bond acceptors (Lipinski definition) is 7. The summed E-state index contributed by atoms with van der Waals surface area (Å²) < 4.78 is 3.46. The number of hydrogen-bond donors (Lipinski definition) is 2. The SMILES string of the molecule is C=C1C=Nc2cc(-c3cnc(C4C5CC5c5cc(-c6cc(Cl)ccc6-n6cnnn6)cc(=O)n54)[nH]3)ccc2N1. The first-order valence-corrected chi connectivity index (χ1v) is 12.9. The van der Waals surface area contributed by atoms with Crippen molar-refractivity contribution in [2.75, 3.05) is 5.32 Å². The number of H-pyrrole nitrogens is 1. The predicted octanol–water partition coefficient (Wildman–Crippen LogP) is 4.88. The van der Waals surface area contributed by atoms with E-state index in [1.165, 1.54) is 6.33 Å². The highest BCUT2D eigenvalue weighted by molar-refractivity contribution is 6.31. The lowest BCUT2D eigenvalue weighted by atomic mass is 10.0. The molecule has 11 heteroatoms. The highest BCUT2D eigenvalue weighted by atomic mass is 35.5. The molecule has 0 bridgehead atoms. The summed E-state index contributed by atoms with van der Waals surface area (Å²) in [5.74, 6) is 1.42. The van der Waals surface area contributed by atoms with Crippen molar-refractivity contribution in [3.05, 3.63) is 100 Å². The van der Waals surface area contributed by atoms with Crippen molar-refractivity contribution in [1.82, 2.24) is 34.7 Å². The van der Waals surface area contributed by atoms with Gasteiger partial charge >= 0.3 is 0 Å². The molecule has 3 aromatic heterocycles. The van der Waals surface area contributed by atoms with Gasteiger partial charge in [-0.1, -0.05) is 24.2 Å². The van der Waals surface area contributed by atoms with E-state index >= 15 is 0 Å². The number of halogens is 1. The average molecular weight is 534 g/mol. The maximum Gasteiger partial charge on any atom is 0.252 e. The van der Waals surface area contributed by atoms with E-state index in [9.17, 15) is 4.79 Å². The Bertz CT molecular complexity index is 1900. The van der Waals surface area contributed by atoms with Crippen molar-refractivity contribution >= 4 is 29.2 Å². The van der Waals surface area contributed by atoms with Gasteiger partial charge in [0.2, 0.25) is 0 Å². The van der Waals surface area contributed by atoms with Crippen LogP contribution in [0.1, 0.15) is 29.9 Å². The number of benzene rings is 2. The maximum absolute atomic E-state index is 13.6. The van der Waals surface area contributed by atoms with Gasteiger partial charge in [-0.2, -0.15) is 4.68 Å². The van der Waals surface area contributed by atoms with Crippen molar-refractivity contribution in [3.8, 4) is 28.1 Å². The lowest BCUT2D eigenvalue weighted by molar-refractivity contribution is 0.515. The van der Waals surface area contributed by atoms with Crippen LogP contribution in [0.25, 0.3) is 28.1 Å². The van der Waals surface area contributed by atoms with Crippen LogP contribution in [0.2, 0.25) is 5.02 Å². The second kappa shape index (κ2) is 8.08. The standard InChI is InChI=1S/C28H20ClN9O/c1-14-11-30-22-6-15(2-4-21(22)33-14)23-12-31-28(34-23)27-20-10-19(20)25-7-16(8-26(39)38(25)27)18-9-17(29)3-5-24(18)37-13-32-35-36-37/h2-9,11-13,19-20,27,33H,1,10H2,(H,31,34). The number of imidazole rings is 1. The molecular formula is C28H20ClN9O. The molecule has 3 atom stereocenters. The third-order valence-electron chi connectivity index (χ3n) is 7.71. The molecule has 2 aliphatic heterocycles. The minimum atomic E-state index is -0.140. The fraction of sp³-hybridized carbons (Fsp3) is 0.143. The molecule has 2 aromatic carbocycles.